The van der Waals surface area contributed by atoms with Crippen molar-refractivity contribution in [2.75, 3.05) is 50.8 Å². The normalized spacial score (nSPS) is 17.6. The number of ether oxygens (including phenoxy) is 1. The molecule has 2 saturated heterocycles. The van der Waals surface area contributed by atoms with Gasteiger partial charge in [0, 0.05) is 56.6 Å². The maximum Gasteiger partial charge on any atom is 0.289 e. The predicted octanol–water partition coefficient (Wildman–Crippen LogP) is 3.81. The standard InChI is InChI=1S/C29H34N4O4/c34-27-8-2-9-31(27)10-4-11-33(29(35)26-7-3-14-37-26)20-24-18-23-17-21-5-1-6-22(21)19-25(23)30-28(24)32-12-15-36-16-13-32/h3,7,14,17-19H,1-2,4-6,8-13,15-16,20H2. The highest BCUT2D eigenvalue weighted by molar-refractivity contribution is 5.91. The van der Waals surface area contributed by atoms with E-state index < -0.39 is 0 Å². The number of carbonyl (C=O) groups is 2. The third kappa shape index (κ3) is 5.07. The summed E-state index contributed by atoms with van der Waals surface area (Å²) in [5.41, 5.74) is 4.87. The molecule has 2 fully saturated rings. The van der Waals surface area contributed by atoms with Crippen LogP contribution >= 0.6 is 0 Å². The van der Waals surface area contributed by atoms with Gasteiger partial charge in [0.1, 0.15) is 5.82 Å². The van der Waals surface area contributed by atoms with Crippen molar-refractivity contribution in [1.29, 1.82) is 0 Å². The molecule has 8 heteroatoms. The first kappa shape index (κ1) is 24.0. The van der Waals surface area contributed by atoms with Crippen LogP contribution in [0, 0.1) is 0 Å². The lowest BCUT2D eigenvalue weighted by Gasteiger charge is -2.31. The molecule has 2 aliphatic heterocycles. The number of pyridine rings is 1. The molecule has 3 aliphatic rings. The van der Waals surface area contributed by atoms with E-state index in [4.69, 9.17) is 14.1 Å². The molecule has 0 bridgehead atoms. The van der Waals surface area contributed by atoms with E-state index in [0.29, 0.717) is 45.0 Å². The fourth-order valence-corrected chi connectivity index (χ4v) is 5.85. The van der Waals surface area contributed by atoms with Gasteiger partial charge in [-0.1, -0.05) is 0 Å². The van der Waals surface area contributed by atoms with Crippen molar-refractivity contribution in [1.82, 2.24) is 14.8 Å². The number of fused-ring (bicyclic) bond motifs is 2. The van der Waals surface area contributed by atoms with Crippen molar-refractivity contribution in [3.05, 3.63) is 59.0 Å². The van der Waals surface area contributed by atoms with Crippen LogP contribution < -0.4 is 4.90 Å². The van der Waals surface area contributed by atoms with Gasteiger partial charge in [0.05, 0.1) is 25.0 Å². The summed E-state index contributed by atoms with van der Waals surface area (Å²) in [6.45, 7) is 5.34. The van der Waals surface area contributed by atoms with Crippen LogP contribution in [0.1, 0.15) is 52.9 Å². The number of aromatic nitrogens is 1. The average Bonchev–Trinajstić information content (AvgIpc) is 3.69. The molecular formula is C29H34N4O4. The van der Waals surface area contributed by atoms with Gasteiger partial charge in [0.15, 0.2) is 5.76 Å². The molecule has 0 unspecified atom stereocenters. The first-order valence-corrected chi connectivity index (χ1v) is 13.5. The number of furan rings is 1. The van der Waals surface area contributed by atoms with Gasteiger partial charge in [-0.05, 0) is 73.6 Å². The maximum atomic E-state index is 13.5. The van der Waals surface area contributed by atoms with Gasteiger partial charge < -0.3 is 23.9 Å². The number of morpholine rings is 1. The second kappa shape index (κ2) is 10.5. The Morgan fingerprint density at radius 2 is 1.86 bits per heavy atom. The molecule has 0 saturated carbocycles. The monoisotopic (exact) mass is 502 g/mol. The van der Waals surface area contributed by atoms with Crippen LogP contribution in [0.4, 0.5) is 5.82 Å². The van der Waals surface area contributed by atoms with Gasteiger partial charge in [-0.25, -0.2) is 4.98 Å². The van der Waals surface area contributed by atoms with E-state index >= 15 is 0 Å². The van der Waals surface area contributed by atoms with Gasteiger partial charge in [-0.15, -0.1) is 0 Å². The molecule has 37 heavy (non-hydrogen) atoms. The number of amides is 2. The highest BCUT2D eigenvalue weighted by atomic mass is 16.5. The van der Waals surface area contributed by atoms with Crippen LogP contribution in [0.5, 0.6) is 0 Å². The van der Waals surface area contributed by atoms with Crippen LogP contribution in [-0.2, 0) is 28.9 Å². The van der Waals surface area contributed by atoms with Crippen LogP contribution in [-0.4, -0.2) is 72.5 Å². The number of likely N-dealkylation sites (tertiary alicyclic amines) is 1. The van der Waals surface area contributed by atoms with Crippen LogP contribution in [0.15, 0.2) is 41.0 Å². The Labute approximate surface area is 217 Å². The number of hydrogen-bond acceptors (Lipinski definition) is 6. The fraction of sp³-hybridized carbons (Fsp3) is 0.483. The van der Waals surface area contributed by atoms with Crippen molar-refractivity contribution in [2.24, 2.45) is 0 Å². The van der Waals surface area contributed by atoms with E-state index in [2.05, 4.69) is 23.1 Å². The Kier molecular flexibility index (Phi) is 6.83. The Morgan fingerprint density at radius 1 is 1.03 bits per heavy atom. The van der Waals surface area contributed by atoms with E-state index in [1.54, 1.807) is 12.1 Å². The Hall–Kier alpha value is -3.39. The van der Waals surface area contributed by atoms with E-state index in [-0.39, 0.29) is 11.8 Å². The summed E-state index contributed by atoms with van der Waals surface area (Å²) >= 11 is 0. The van der Waals surface area contributed by atoms with Crippen molar-refractivity contribution in [3.63, 3.8) is 0 Å². The first-order valence-electron chi connectivity index (χ1n) is 13.5. The topological polar surface area (TPSA) is 79.1 Å². The number of hydrogen-bond donors (Lipinski definition) is 0. The summed E-state index contributed by atoms with van der Waals surface area (Å²) in [5.74, 6) is 1.34. The van der Waals surface area contributed by atoms with Gasteiger partial charge in [0.25, 0.3) is 5.91 Å². The Bertz CT molecular complexity index is 1280. The van der Waals surface area contributed by atoms with Gasteiger partial charge >= 0.3 is 0 Å². The van der Waals surface area contributed by atoms with Crippen LogP contribution in [0.3, 0.4) is 0 Å². The second-order valence-electron chi connectivity index (χ2n) is 10.3. The summed E-state index contributed by atoms with van der Waals surface area (Å²) in [7, 11) is 0. The highest BCUT2D eigenvalue weighted by Gasteiger charge is 2.25. The zero-order valence-corrected chi connectivity index (χ0v) is 21.3. The Morgan fingerprint density at radius 3 is 2.62 bits per heavy atom. The van der Waals surface area contributed by atoms with Crippen molar-refractivity contribution < 1.29 is 18.7 Å². The van der Waals surface area contributed by atoms with E-state index in [1.165, 1.54) is 23.8 Å². The van der Waals surface area contributed by atoms with Crippen LogP contribution in [0.25, 0.3) is 10.9 Å². The third-order valence-electron chi connectivity index (χ3n) is 7.80. The smallest absolute Gasteiger partial charge is 0.289 e. The van der Waals surface area contributed by atoms with Crippen molar-refractivity contribution >= 4 is 28.5 Å². The molecule has 8 nitrogen and oxygen atoms in total. The van der Waals surface area contributed by atoms with Gasteiger partial charge in [-0.2, -0.15) is 0 Å². The zero-order valence-electron chi connectivity index (χ0n) is 21.3. The lowest BCUT2D eigenvalue weighted by Crippen LogP contribution is -2.39. The molecule has 0 spiro atoms. The molecule has 0 radical (unpaired) electrons. The summed E-state index contributed by atoms with van der Waals surface area (Å²) in [6.07, 6.45) is 7.23. The number of anilines is 1. The predicted molar refractivity (Wildman–Crippen MR) is 141 cm³/mol. The number of carbonyl (C=O) groups excluding carboxylic acids is 2. The molecule has 2 aromatic heterocycles. The van der Waals surface area contributed by atoms with Crippen LogP contribution in [0.2, 0.25) is 0 Å². The first-order chi connectivity index (χ1) is 18.2. The van der Waals surface area contributed by atoms with Gasteiger partial charge in [-0.3, -0.25) is 9.59 Å². The largest absolute Gasteiger partial charge is 0.459 e. The zero-order chi connectivity index (χ0) is 25.2. The average molecular weight is 503 g/mol. The third-order valence-corrected chi connectivity index (χ3v) is 7.80. The van der Waals surface area contributed by atoms with Crippen molar-refractivity contribution in [3.8, 4) is 0 Å². The van der Waals surface area contributed by atoms with E-state index in [1.807, 2.05) is 9.80 Å². The fourth-order valence-electron chi connectivity index (χ4n) is 5.85. The molecule has 4 heterocycles. The molecule has 194 valence electrons. The molecule has 2 amide bonds. The molecule has 0 atom stereocenters. The molecule has 6 rings (SSSR count). The highest BCUT2D eigenvalue weighted by Crippen LogP contribution is 2.31. The minimum absolute atomic E-state index is 0.139. The van der Waals surface area contributed by atoms with Crippen molar-refractivity contribution in [2.45, 2.75) is 45.1 Å². The molecule has 3 aromatic rings. The SMILES string of the molecule is O=C1CCCN1CCCN(Cc1cc2cc3c(cc2nc1N1CCOCC1)CCC3)C(=O)c1ccco1. The van der Waals surface area contributed by atoms with E-state index in [0.717, 1.165) is 67.6 Å². The lowest BCUT2D eigenvalue weighted by atomic mass is 10.0. The molecule has 1 aromatic carbocycles. The summed E-state index contributed by atoms with van der Waals surface area (Å²) in [6, 6.07) is 10.2. The quantitative estimate of drug-likeness (QED) is 0.466. The Balaban J connectivity index is 1.32. The summed E-state index contributed by atoms with van der Waals surface area (Å²) in [4.78, 5) is 36.8. The van der Waals surface area contributed by atoms with Gasteiger partial charge in [0.2, 0.25) is 5.91 Å². The minimum Gasteiger partial charge on any atom is -0.459 e. The maximum absolute atomic E-state index is 13.5. The molecular weight excluding hydrogens is 468 g/mol. The number of rotatable bonds is 8. The number of aryl methyl sites for hydroxylation is 2. The molecule has 0 N–H and O–H groups in total. The number of benzene rings is 1. The molecule has 1 aliphatic carbocycles. The minimum atomic E-state index is -0.139. The summed E-state index contributed by atoms with van der Waals surface area (Å²) in [5, 5.41) is 1.13. The lowest BCUT2D eigenvalue weighted by molar-refractivity contribution is -0.127. The second-order valence-corrected chi connectivity index (χ2v) is 10.3. The van der Waals surface area contributed by atoms with E-state index in [9.17, 15) is 9.59 Å². The number of nitrogens with zero attached hydrogens (tertiary/aromatic N) is 4. The summed E-state index contributed by atoms with van der Waals surface area (Å²) < 4.78 is 11.1.